The number of ether oxygens (including phenoxy) is 2. The number of nitrogens with zero attached hydrogens (tertiary/aromatic N) is 1. The number of carbonyl (C=O) groups excluding carboxylic acids is 1. The maximum absolute atomic E-state index is 12.5. The first-order chi connectivity index (χ1) is 11.5. The molecule has 0 aliphatic heterocycles. The van der Waals surface area contributed by atoms with Gasteiger partial charge in [0.25, 0.3) is 5.91 Å². The Hall–Kier alpha value is -2.60. The number of hydrogen-bond donors (Lipinski definition) is 1. The van der Waals surface area contributed by atoms with Crippen LogP contribution in [0.5, 0.6) is 11.5 Å². The van der Waals surface area contributed by atoms with E-state index < -0.39 is 0 Å². The van der Waals surface area contributed by atoms with Crippen LogP contribution in [0.3, 0.4) is 0 Å². The quantitative estimate of drug-likeness (QED) is 0.772. The standard InChI is InChI=1S/C18H18N2O3S/c1-10-7-11(2)9-12(8-10)17(21)20-18-19-15-13(22-3)5-6-14(23-4)16(15)24-18/h5-9H,1-4H3,(H,19,20,21). The summed E-state index contributed by atoms with van der Waals surface area (Å²) >= 11 is 1.36. The van der Waals surface area contributed by atoms with Crippen LogP contribution in [0.15, 0.2) is 30.3 Å². The molecule has 0 saturated heterocycles. The highest BCUT2D eigenvalue weighted by Crippen LogP contribution is 2.38. The fourth-order valence-corrected chi connectivity index (χ4v) is 3.58. The number of nitrogens with one attached hydrogen (secondary N) is 1. The minimum absolute atomic E-state index is 0.182. The van der Waals surface area contributed by atoms with Crippen molar-refractivity contribution >= 4 is 32.6 Å². The number of aryl methyl sites for hydroxylation is 2. The maximum atomic E-state index is 12.5. The van der Waals surface area contributed by atoms with Crippen LogP contribution in [-0.4, -0.2) is 25.1 Å². The Morgan fingerprint density at radius 1 is 1.04 bits per heavy atom. The van der Waals surface area contributed by atoms with Gasteiger partial charge in [0, 0.05) is 5.56 Å². The van der Waals surface area contributed by atoms with Crippen LogP contribution in [0, 0.1) is 13.8 Å². The molecule has 0 radical (unpaired) electrons. The predicted molar refractivity (Wildman–Crippen MR) is 96.6 cm³/mol. The van der Waals surface area contributed by atoms with Crippen LogP contribution >= 0.6 is 11.3 Å². The van der Waals surface area contributed by atoms with Gasteiger partial charge in [-0.15, -0.1) is 0 Å². The van der Waals surface area contributed by atoms with Crippen molar-refractivity contribution in [3.63, 3.8) is 0 Å². The third-order valence-electron chi connectivity index (χ3n) is 3.61. The van der Waals surface area contributed by atoms with E-state index in [-0.39, 0.29) is 5.91 Å². The van der Waals surface area contributed by atoms with Crippen molar-refractivity contribution in [3.05, 3.63) is 47.0 Å². The Labute approximate surface area is 144 Å². The molecule has 5 nitrogen and oxygen atoms in total. The molecule has 3 rings (SSSR count). The van der Waals surface area contributed by atoms with E-state index in [1.54, 1.807) is 20.3 Å². The Morgan fingerprint density at radius 2 is 1.67 bits per heavy atom. The largest absolute Gasteiger partial charge is 0.495 e. The van der Waals surface area contributed by atoms with Crippen LogP contribution < -0.4 is 14.8 Å². The number of hydrogen-bond acceptors (Lipinski definition) is 5. The van der Waals surface area contributed by atoms with Crippen LogP contribution in [0.2, 0.25) is 0 Å². The lowest BCUT2D eigenvalue weighted by Gasteiger charge is -2.04. The smallest absolute Gasteiger partial charge is 0.257 e. The summed E-state index contributed by atoms with van der Waals surface area (Å²) in [6, 6.07) is 9.38. The van der Waals surface area contributed by atoms with E-state index in [2.05, 4.69) is 10.3 Å². The molecule has 0 unspecified atom stereocenters. The van der Waals surface area contributed by atoms with Crippen molar-refractivity contribution in [2.75, 3.05) is 19.5 Å². The van der Waals surface area contributed by atoms with E-state index in [0.717, 1.165) is 15.8 Å². The van der Waals surface area contributed by atoms with Crippen LogP contribution in [0.4, 0.5) is 5.13 Å². The fourth-order valence-electron chi connectivity index (χ4n) is 2.61. The zero-order valence-electron chi connectivity index (χ0n) is 14.0. The first-order valence-electron chi connectivity index (χ1n) is 7.43. The van der Waals surface area contributed by atoms with Crippen LogP contribution in [-0.2, 0) is 0 Å². The first-order valence-corrected chi connectivity index (χ1v) is 8.24. The number of methoxy groups -OCH3 is 2. The summed E-state index contributed by atoms with van der Waals surface area (Å²) in [7, 11) is 3.20. The van der Waals surface area contributed by atoms with Gasteiger partial charge in [0.05, 0.1) is 14.2 Å². The Bertz CT molecular complexity index is 857. The van der Waals surface area contributed by atoms with E-state index in [9.17, 15) is 4.79 Å². The molecule has 24 heavy (non-hydrogen) atoms. The molecule has 0 fully saturated rings. The molecule has 1 N–H and O–H groups in total. The zero-order valence-corrected chi connectivity index (χ0v) is 14.8. The van der Waals surface area contributed by atoms with Crippen molar-refractivity contribution in [2.45, 2.75) is 13.8 Å². The summed E-state index contributed by atoms with van der Waals surface area (Å²) in [6.45, 7) is 3.94. The van der Waals surface area contributed by atoms with Crippen molar-refractivity contribution in [2.24, 2.45) is 0 Å². The molecular weight excluding hydrogens is 324 g/mol. The van der Waals surface area contributed by atoms with E-state index in [4.69, 9.17) is 9.47 Å². The van der Waals surface area contributed by atoms with Crippen molar-refractivity contribution in [1.29, 1.82) is 0 Å². The van der Waals surface area contributed by atoms with Gasteiger partial charge in [-0.2, -0.15) is 0 Å². The zero-order chi connectivity index (χ0) is 17.3. The highest BCUT2D eigenvalue weighted by molar-refractivity contribution is 7.22. The molecule has 0 spiro atoms. The summed E-state index contributed by atoms with van der Waals surface area (Å²) in [5, 5.41) is 3.37. The highest BCUT2D eigenvalue weighted by Gasteiger charge is 2.16. The second kappa shape index (κ2) is 6.49. The molecular formula is C18H18N2O3S. The number of carbonyl (C=O) groups is 1. The summed E-state index contributed by atoms with van der Waals surface area (Å²) in [6.07, 6.45) is 0. The van der Waals surface area contributed by atoms with Gasteiger partial charge in [0.2, 0.25) is 0 Å². The molecule has 0 aliphatic carbocycles. The highest BCUT2D eigenvalue weighted by atomic mass is 32.1. The third-order valence-corrected chi connectivity index (χ3v) is 4.60. The second-order valence-electron chi connectivity index (χ2n) is 5.50. The van der Waals surface area contributed by atoms with Crippen LogP contribution in [0.1, 0.15) is 21.5 Å². The average Bonchev–Trinajstić information content (AvgIpc) is 2.96. The van der Waals surface area contributed by atoms with Crippen molar-refractivity contribution in [3.8, 4) is 11.5 Å². The van der Waals surface area contributed by atoms with Gasteiger partial charge >= 0.3 is 0 Å². The Balaban J connectivity index is 1.96. The summed E-state index contributed by atoms with van der Waals surface area (Å²) < 4.78 is 11.5. The molecule has 6 heteroatoms. The molecule has 0 saturated carbocycles. The van der Waals surface area contributed by atoms with Gasteiger partial charge in [-0.1, -0.05) is 28.5 Å². The normalized spacial score (nSPS) is 10.7. The lowest BCUT2D eigenvalue weighted by molar-refractivity contribution is 0.102. The van der Waals surface area contributed by atoms with E-state index in [0.29, 0.717) is 27.7 Å². The van der Waals surface area contributed by atoms with Gasteiger partial charge in [-0.3, -0.25) is 10.1 Å². The van der Waals surface area contributed by atoms with E-state index in [1.807, 2.05) is 38.1 Å². The van der Waals surface area contributed by atoms with E-state index >= 15 is 0 Å². The number of benzene rings is 2. The molecule has 0 bridgehead atoms. The van der Waals surface area contributed by atoms with Gasteiger partial charge in [0.15, 0.2) is 5.13 Å². The lowest BCUT2D eigenvalue weighted by Crippen LogP contribution is -2.12. The number of thiazole rings is 1. The van der Waals surface area contributed by atoms with E-state index in [1.165, 1.54) is 11.3 Å². The predicted octanol–water partition coefficient (Wildman–Crippen LogP) is 4.18. The van der Waals surface area contributed by atoms with Crippen molar-refractivity contribution < 1.29 is 14.3 Å². The number of anilines is 1. The minimum atomic E-state index is -0.182. The topological polar surface area (TPSA) is 60.5 Å². The summed E-state index contributed by atoms with van der Waals surface area (Å²) in [5.41, 5.74) is 3.39. The number of amides is 1. The average molecular weight is 342 g/mol. The van der Waals surface area contributed by atoms with Gasteiger partial charge in [-0.25, -0.2) is 4.98 Å². The fraction of sp³-hybridized carbons (Fsp3) is 0.222. The van der Waals surface area contributed by atoms with Crippen molar-refractivity contribution in [1.82, 2.24) is 4.98 Å². The molecule has 1 aromatic heterocycles. The van der Waals surface area contributed by atoms with Gasteiger partial charge in [-0.05, 0) is 38.1 Å². The molecule has 1 amide bonds. The first kappa shape index (κ1) is 16.3. The lowest BCUT2D eigenvalue weighted by atomic mass is 10.1. The molecule has 124 valence electrons. The monoisotopic (exact) mass is 342 g/mol. The van der Waals surface area contributed by atoms with Crippen LogP contribution in [0.25, 0.3) is 10.2 Å². The SMILES string of the molecule is COc1ccc(OC)c2sc(NC(=O)c3cc(C)cc(C)c3)nc12. The number of rotatable bonds is 4. The second-order valence-corrected chi connectivity index (χ2v) is 6.50. The summed E-state index contributed by atoms with van der Waals surface area (Å²) in [5.74, 6) is 1.17. The third kappa shape index (κ3) is 3.05. The molecule has 0 atom stereocenters. The minimum Gasteiger partial charge on any atom is -0.495 e. The Morgan fingerprint density at radius 3 is 2.29 bits per heavy atom. The van der Waals surface area contributed by atoms with Gasteiger partial charge in [0.1, 0.15) is 21.7 Å². The molecule has 2 aromatic carbocycles. The number of aromatic nitrogens is 1. The number of fused-ring (bicyclic) bond motifs is 1. The Kier molecular flexibility index (Phi) is 4.40. The molecule has 1 heterocycles. The molecule has 0 aliphatic rings. The van der Waals surface area contributed by atoms with Gasteiger partial charge < -0.3 is 9.47 Å². The summed E-state index contributed by atoms with van der Waals surface area (Å²) in [4.78, 5) is 17.0. The maximum Gasteiger partial charge on any atom is 0.257 e. The molecule has 3 aromatic rings.